The Morgan fingerprint density at radius 3 is 2.60 bits per heavy atom. The molecule has 1 amide bonds. The highest BCUT2D eigenvalue weighted by molar-refractivity contribution is 5.69. The Hall–Kier alpha value is -3.61. The van der Waals surface area contributed by atoms with Crippen molar-refractivity contribution in [3.8, 4) is 17.0 Å². The van der Waals surface area contributed by atoms with E-state index in [0.29, 0.717) is 32.1 Å². The number of pyridine rings is 2. The molecule has 1 saturated heterocycles. The van der Waals surface area contributed by atoms with E-state index < -0.39 is 5.60 Å². The molecule has 2 aromatic heterocycles. The summed E-state index contributed by atoms with van der Waals surface area (Å²) in [5.74, 6) is 0.854. The lowest BCUT2D eigenvalue weighted by Gasteiger charge is -2.43. The molecular weight excluding hydrogens is 442 g/mol. The lowest BCUT2D eigenvalue weighted by Crippen LogP contribution is -2.50. The first kappa shape index (κ1) is 23.1. The quantitative estimate of drug-likeness (QED) is 0.542. The van der Waals surface area contributed by atoms with Crippen molar-refractivity contribution in [1.82, 2.24) is 14.5 Å². The first-order chi connectivity index (χ1) is 16.7. The number of fused-ring (bicyclic) bond motifs is 4. The number of hydrogen-bond donors (Lipinski definition) is 0. The van der Waals surface area contributed by atoms with Crippen LogP contribution < -0.4 is 10.3 Å². The van der Waals surface area contributed by atoms with E-state index in [4.69, 9.17) is 9.47 Å². The fourth-order valence-electron chi connectivity index (χ4n) is 5.00. The molecule has 5 rings (SSSR count). The SMILES string of the molecule is CC(C)(C)OC(=O)N1CC2C[C@@H](C1)c1cc(-c3ccnc(OCc4ccccc4)c3)cc(=O)n1C2. The van der Waals surface area contributed by atoms with Crippen molar-refractivity contribution in [3.63, 3.8) is 0 Å². The van der Waals surface area contributed by atoms with Gasteiger partial charge in [-0.05, 0) is 61.9 Å². The van der Waals surface area contributed by atoms with Gasteiger partial charge in [0, 0.05) is 49.6 Å². The molecule has 7 nitrogen and oxygen atoms in total. The minimum absolute atomic E-state index is 0.0125. The molecule has 0 N–H and O–H groups in total. The molecule has 35 heavy (non-hydrogen) atoms. The monoisotopic (exact) mass is 473 g/mol. The summed E-state index contributed by atoms with van der Waals surface area (Å²) < 4.78 is 13.4. The Balaban J connectivity index is 1.38. The first-order valence-electron chi connectivity index (χ1n) is 12.1. The number of likely N-dealkylation sites (tertiary alicyclic amines) is 1. The Morgan fingerprint density at radius 1 is 1.03 bits per heavy atom. The van der Waals surface area contributed by atoms with E-state index in [0.717, 1.165) is 28.8 Å². The summed E-state index contributed by atoms with van der Waals surface area (Å²) in [6.07, 6.45) is 2.38. The van der Waals surface area contributed by atoms with E-state index in [2.05, 4.69) is 11.1 Å². The van der Waals surface area contributed by atoms with Crippen molar-refractivity contribution in [3.05, 3.63) is 82.4 Å². The maximum atomic E-state index is 13.1. The minimum Gasteiger partial charge on any atom is -0.473 e. The highest BCUT2D eigenvalue weighted by Crippen LogP contribution is 2.37. The maximum absolute atomic E-state index is 13.1. The van der Waals surface area contributed by atoms with Crippen LogP contribution >= 0.6 is 0 Å². The second kappa shape index (κ2) is 9.21. The summed E-state index contributed by atoms with van der Waals surface area (Å²) in [7, 11) is 0. The van der Waals surface area contributed by atoms with Gasteiger partial charge >= 0.3 is 6.09 Å². The van der Waals surface area contributed by atoms with Gasteiger partial charge in [-0.3, -0.25) is 4.79 Å². The number of aromatic nitrogens is 2. The molecule has 182 valence electrons. The predicted octanol–water partition coefficient (Wildman–Crippen LogP) is 4.84. The largest absolute Gasteiger partial charge is 0.473 e. The molecule has 0 radical (unpaired) electrons. The number of hydrogen-bond acceptors (Lipinski definition) is 5. The van der Waals surface area contributed by atoms with E-state index in [9.17, 15) is 9.59 Å². The summed E-state index contributed by atoms with van der Waals surface area (Å²) in [4.78, 5) is 32.0. The fourth-order valence-corrected chi connectivity index (χ4v) is 5.00. The molecule has 2 bridgehead atoms. The normalized spacial score (nSPS) is 19.1. The maximum Gasteiger partial charge on any atom is 0.410 e. The van der Waals surface area contributed by atoms with Crippen LogP contribution in [0.15, 0.2) is 65.6 Å². The third-order valence-electron chi connectivity index (χ3n) is 6.51. The molecule has 1 unspecified atom stereocenters. The molecule has 2 atom stereocenters. The number of carbonyl (C=O) groups is 1. The van der Waals surface area contributed by atoms with Crippen LogP contribution in [0.4, 0.5) is 4.79 Å². The van der Waals surface area contributed by atoms with Gasteiger partial charge in [-0.1, -0.05) is 30.3 Å². The summed E-state index contributed by atoms with van der Waals surface area (Å²) >= 11 is 0. The van der Waals surface area contributed by atoms with Crippen LogP contribution in [0.25, 0.3) is 11.1 Å². The topological polar surface area (TPSA) is 73.7 Å². The highest BCUT2D eigenvalue weighted by atomic mass is 16.6. The molecule has 0 aliphatic carbocycles. The Bertz CT molecular complexity index is 1280. The summed E-state index contributed by atoms with van der Waals surface area (Å²) in [5, 5.41) is 0. The Labute approximate surface area is 205 Å². The molecule has 0 spiro atoms. The van der Waals surface area contributed by atoms with Crippen LogP contribution in [-0.2, 0) is 17.9 Å². The number of carbonyl (C=O) groups excluding carboxylic acids is 1. The number of nitrogens with zero attached hydrogens (tertiary/aromatic N) is 3. The van der Waals surface area contributed by atoms with E-state index >= 15 is 0 Å². The molecule has 7 heteroatoms. The third kappa shape index (κ3) is 5.24. The lowest BCUT2D eigenvalue weighted by molar-refractivity contribution is 0.0102. The highest BCUT2D eigenvalue weighted by Gasteiger charge is 2.38. The van der Waals surface area contributed by atoms with Crippen LogP contribution in [0.1, 0.15) is 44.4 Å². The van der Waals surface area contributed by atoms with Crippen LogP contribution in [0, 0.1) is 5.92 Å². The summed E-state index contributed by atoms with van der Waals surface area (Å²) in [6.45, 7) is 7.85. The second-order valence-corrected chi connectivity index (χ2v) is 10.5. The standard InChI is InChI=1S/C28H31N3O4/c1-28(2,3)35-27(33)30-15-20-11-23(17-30)24-12-22(14-26(32)31(24)16-20)21-9-10-29-25(13-21)34-18-19-7-5-4-6-8-19/h4-10,12-14,20,23H,11,15-18H2,1-3H3/t20?,23-/m0/s1. The predicted molar refractivity (Wildman–Crippen MR) is 133 cm³/mol. The van der Waals surface area contributed by atoms with Gasteiger partial charge in [0.25, 0.3) is 5.56 Å². The fraction of sp³-hybridized carbons (Fsp3) is 0.393. The number of benzene rings is 1. The van der Waals surface area contributed by atoms with Gasteiger partial charge < -0.3 is 18.9 Å². The van der Waals surface area contributed by atoms with Gasteiger partial charge in [0.05, 0.1) is 0 Å². The molecule has 1 fully saturated rings. The molecule has 3 aromatic rings. The van der Waals surface area contributed by atoms with Gasteiger partial charge in [-0.15, -0.1) is 0 Å². The van der Waals surface area contributed by atoms with Gasteiger partial charge in [-0.25, -0.2) is 9.78 Å². The van der Waals surface area contributed by atoms with Crippen LogP contribution in [0.5, 0.6) is 5.88 Å². The Kier molecular flexibility index (Phi) is 6.09. The zero-order chi connectivity index (χ0) is 24.6. The van der Waals surface area contributed by atoms with Crippen molar-refractivity contribution < 1.29 is 14.3 Å². The minimum atomic E-state index is -0.534. The van der Waals surface area contributed by atoms with Crippen LogP contribution in [0.2, 0.25) is 0 Å². The van der Waals surface area contributed by atoms with Gasteiger partial charge in [0.1, 0.15) is 12.2 Å². The van der Waals surface area contributed by atoms with Crippen molar-refractivity contribution in [1.29, 1.82) is 0 Å². The van der Waals surface area contributed by atoms with Crippen LogP contribution in [-0.4, -0.2) is 39.2 Å². The van der Waals surface area contributed by atoms with E-state index in [1.54, 1.807) is 17.2 Å². The molecule has 0 saturated carbocycles. The molecule has 2 aliphatic heterocycles. The molecule has 1 aromatic carbocycles. The zero-order valence-electron chi connectivity index (χ0n) is 20.4. The smallest absolute Gasteiger partial charge is 0.410 e. The van der Waals surface area contributed by atoms with E-state index in [-0.39, 0.29) is 23.5 Å². The number of piperidine rings is 1. The summed E-state index contributed by atoms with van der Waals surface area (Å²) in [5.41, 5.74) is 3.20. The number of amides is 1. The number of ether oxygens (including phenoxy) is 2. The molecule has 2 aliphatic rings. The molecule has 4 heterocycles. The van der Waals surface area contributed by atoms with Crippen molar-refractivity contribution in [2.75, 3.05) is 13.1 Å². The van der Waals surface area contributed by atoms with Gasteiger partial charge in [0.15, 0.2) is 0 Å². The summed E-state index contributed by atoms with van der Waals surface area (Å²) in [6, 6.07) is 17.5. The second-order valence-electron chi connectivity index (χ2n) is 10.5. The first-order valence-corrected chi connectivity index (χ1v) is 12.1. The van der Waals surface area contributed by atoms with Gasteiger partial charge in [0.2, 0.25) is 5.88 Å². The molecular formula is C28H31N3O4. The third-order valence-corrected chi connectivity index (χ3v) is 6.51. The average molecular weight is 474 g/mol. The van der Waals surface area contributed by atoms with Crippen molar-refractivity contribution >= 4 is 6.09 Å². The van der Waals surface area contributed by atoms with Gasteiger partial charge in [-0.2, -0.15) is 0 Å². The van der Waals surface area contributed by atoms with E-state index in [1.807, 2.05) is 67.8 Å². The number of rotatable bonds is 4. The Morgan fingerprint density at radius 2 is 1.83 bits per heavy atom. The van der Waals surface area contributed by atoms with E-state index in [1.165, 1.54) is 0 Å². The lowest BCUT2D eigenvalue weighted by atomic mass is 9.82. The van der Waals surface area contributed by atoms with Crippen molar-refractivity contribution in [2.24, 2.45) is 5.92 Å². The average Bonchev–Trinajstić information content (AvgIpc) is 2.83. The zero-order valence-corrected chi connectivity index (χ0v) is 20.4. The van der Waals surface area contributed by atoms with Crippen LogP contribution in [0.3, 0.4) is 0 Å². The van der Waals surface area contributed by atoms with Crippen molar-refractivity contribution in [2.45, 2.75) is 51.9 Å².